The first-order chi connectivity index (χ1) is 14.0. The Balaban J connectivity index is 1.61. The maximum Gasteiger partial charge on any atom is 0.308 e. The lowest BCUT2D eigenvalue weighted by Crippen LogP contribution is -2.34. The summed E-state index contributed by atoms with van der Waals surface area (Å²) in [6.45, 7) is -0.0229. The van der Waals surface area contributed by atoms with Crippen molar-refractivity contribution in [2.24, 2.45) is 11.8 Å². The molecule has 2 amide bonds. The number of benzene rings is 2. The molecule has 0 heterocycles. The number of amides is 2. The van der Waals surface area contributed by atoms with Crippen molar-refractivity contribution in [2.75, 3.05) is 19.0 Å². The SMILES string of the molecule is COc1ccccc1CC(CNC(=O)c1cccc(NC(=O)C2CC2)c1)C(=O)O. The second kappa shape index (κ2) is 9.23. The number of hydrogen-bond acceptors (Lipinski definition) is 4. The van der Waals surface area contributed by atoms with Crippen LogP contribution in [0.3, 0.4) is 0 Å². The zero-order valence-corrected chi connectivity index (χ0v) is 16.2. The minimum absolute atomic E-state index is 0.0229. The lowest BCUT2D eigenvalue weighted by atomic mass is 9.98. The van der Waals surface area contributed by atoms with Crippen LogP contribution >= 0.6 is 0 Å². The maximum atomic E-state index is 12.5. The Kier molecular flexibility index (Phi) is 6.49. The summed E-state index contributed by atoms with van der Waals surface area (Å²) in [5.41, 5.74) is 1.68. The van der Waals surface area contributed by atoms with Crippen LogP contribution in [0.15, 0.2) is 48.5 Å². The van der Waals surface area contributed by atoms with E-state index in [1.54, 1.807) is 30.3 Å². The van der Waals surface area contributed by atoms with Crippen LogP contribution in [0.1, 0.15) is 28.8 Å². The van der Waals surface area contributed by atoms with Crippen LogP contribution in [0.2, 0.25) is 0 Å². The van der Waals surface area contributed by atoms with Gasteiger partial charge in [-0.2, -0.15) is 0 Å². The molecule has 2 aromatic carbocycles. The van der Waals surface area contributed by atoms with Gasteiger partial charge < -0.3 is 20.5 Å². The van der Waals surface area contributed by atoms with Crippen molar-refractivity contribution in [1.29, 1.82) is 0 Å². The molecule has 1 saturated carbocycles. The fraction of sp³-hybridized carbons (Fsp3) is 0.318. The molecular formula is C22H24N2O5. The lowest BCUT2D eigenvalue weighted by molar-refractivity contribution is -0.141. The van der Waals surface area contributed by atoms with Crippen LogP contribution in [0, 0.1) is 11.8 Å². The molecule has 0 bridgehead atoms. The number of para-hydroxylation sites is 1. The minimum atomic E-state index is -0.998. The first-order valence-electron chi connectivity index (χ1n) is 9.51. The molecule has 3 rings (SSSR count). The Morgan fingerprint density at radius 3 is 2.59 bits per heavy atom. The number of nitrogens with one attached hydrogen (secondary N) is 2. The summed E-state index contributed by atoms with van der Waals surface area (Å²) < 4.78 is 5.27. The summed E-state index contributed by atoms with van der Waals surface area (Å²) >= 11 is 0. The van der Waals surface area contributed by atoms with Crippen molar-refractivity contribution in [3.05, 3.63) is 59.7 Å². The Morgan fingerprint density at radius 1 is 1.14 bits per heavy atom. The molecule has 152 valence electrons. The predicted molar refractivity (Wildman–Crippen MR) is 108 cm³/mol. The van der Waals surface area contributed by atoms with Crippen LogP contribution in [0.25, 0.3) is 0 Å². The molecule has 29 heavy (non-hydrogen) atoms. The molecular weight excluding hydrogens is 372 g/mol. The van der Waals surface area contributed by atoms with E-state index in [1.807, 2.05) is 18.2 Å². The Bertz CT molecular complexity index is 908. The third kappa shape index (κ3) is 5.57. The van der Waals surface area contributed by atoms with Gasteiger partial charge in [-0.1, -0.05) is 24.3 Å². The molecule has 0 aromatic heterocycles. The molecule has 0 saturated heterocycles. The van der Waals surface area contributed by atoms with Crippen molar-refractivity contribution < 1.29 is 24.2 Å². The Hall–Kier alpha value is -3.35. The zero-order chi connectivity index (χ0) is 20.8. The van der Waals surface area contributed by atoms with Crippen LogP contribution in [-0.2, 0) is 16.0 Å². The summed E-state index contributed by atoms with van der Waals surface area (Å²) in [6, 6.07) is 13.8. The average molecular weight is 396 g/mol. The van der Waals surface area contributed by atoms with Crippen molar-refractivity contribution >= 4 is 23.5 Å². The van der Waals surface area contributed by atoms with E-state index in [4.69, 9.17) is 4.74 Å². The van der Waals surface area contributed by atoms with Crippen molar-refractivity contribution in [2.45, 2.75) is 19.3 Å². The Labute approximate surface area is 169 Å². The van der Waals surface area contributed by atoms with E-state index >= 15 is 0 Å². The number of carboxylic acid groups (broad SMARTS) is 1. The summed E-state index contributed by atoms with van der Waals surface area (Å²) in [5, 5.41) is 15.0. The second-order valence-corrected chi connectivity index (χ2v) is 7.11. The first-order valence-corrected chi connectivity index (χ1v) is 9.51. The van der Waals surface area contributed by atoms with Gasteiger partial charge in [0.15, 0.2) is 0 Å². The van der Waals surface area contributed by atoms with Crippen molar-refractivity contribution in [3.63, 3.8) is 0 Å². The Morgan fingerprint density at radius 2 is 1.90 bits per heavy atom. The van der Waals surface area contributed by atoms with E-state index in [-0.39, 0.29) is 24.8 Å². The molecule has 1 fully saturated rings. The zero-order valence-electron chi connectivity index (χ0n) is 16.2. The highest BCUT2D eigenvalue weighted by atomic mass is 16.5. The molecule has 0 spiro atoms. The monoisotopic (exact) mass is 396 g/mol. The van der Waals surface area contributed by atoms with E-state index in [0.717, 1.165) is 18.4 Å². The van der Waals surface area contributed by atoms with Crippen molar-refractivity contribution in [1.82, 2.24) is 5.32 Å². The van der Waals surface area contributed by atoms with Crippen molar-refractivity contribution in [3.8, 4) is 5.75 Å². The quantitative estimate of drug-likeness (QED) is 0.605. The number of ether oxygens (including phenoxy) is 1. The third-order valence-electron chi connectivity index (χ3n) is 4.86. The summed E-state index contributed by atoms with van der Waals surface area (Å²) in [5.74, 6) is -1.54. The molecule has 0 aliphatic heterocycles. The molecule has 1 atom stereocenters. The molecule has 7 nitrogen and oxygen atoms in total. The van der Waals surface area contributed by atoms with Crippen LogP contribution in [0.4, 0.5) is 5.69 Å². The smallest absolute Gasteiger partial charge is 0.308 e. The number of aliphatic carboxylic acids is 1. The van der Waals surface area contributed by atoms with Gasteiger partial charge in [0, 0.05) is 23.7 Å². The summed E-state index contributed by atoms with van der Waals surface area (Å²) in [7, 11) is 1.53. The molecule has 0 radical (unpaired) electrons. The maximum absolute atomic E-state index is 12.5. The predicted octanol–water partition coefficient (Wildman–Crippen LogP) is 2.72. The van der Waals surface area contributed by atoms with E-state index in [2.05, 4.69) is 10.6 Å². The lowest BCUT2D eigenvalue weighted by Gasteiger charge is -2.16. The van der Waals surface area contributed by atoms with E-state index in [1.165, 1.54) is 7.11 Å². The van der Waals surface area contributed by atoms with Gasteiger partial charge in [0.1, 0.15) is 5.75 Å². The van der Waals surface area contributed by atoms with Gasteiger partial charge in [-0.3, -0.25) is 14.4 Å². The van der Waals surface area contributed by atoms with Gasteiger partial charge in [0.2, 0.25) is 5.91 Å². The highest BCUT2D eigenvalue weighted by Gasteiger charge is 2.29. The number of rotatable bonds is 9. The minimum Gasteiger partial charge on any atom is -0.496 e. The molecule has 7 heteroatoms. The van der Waals surface area contributed by atoms with Crippen LogP contribution < -0.4 is 15.4 Å². The molecule has 2 aromatic rings. The number of hydrogen-bond donors (Lipinski definition) is 3. The topological polar surface area (TPSA) is 105 Å². The molecule has 1 aliphatic carbocycles. The largest absolute Gasteiger partial charge is 0.496 e. The van der Waals surface area contributed by atoms with Gasteiger partial charge in [-0.25, -0.2) is 0 Å². The second-order valence-electron chi connectivity index (χ2n) is 7.11. The number of carbonyl (C=O) groups excluding carboxylic acids is 2. The fourth-order valence-corrected chi connectivity index (χ4v) is 3.03. The summed E-state index contributed by atoms with van der Waals surface area (Å²) in [4.78, 5) is 36.0. The molecule has 3 N–H and O–H groups in total. The highest BCUT2D eigenvalue weighted by molar-refractivity contribution is 5.98. The van der Waals surface area contributed by atoms with Crippen LogP contribution in [0.5, 0.6) is 5.75 Å². The van der Waals surface area contributed by atoms with E-state index < -0.39 is 17.8 Å². The van der Waals surface area contributed by atoms with Gasteiger partial charge in [-0.05, 0) is 49.1 Å². The standard InChI is InChI=1S/C22H24N2O5/c1-29-19-8-3-2-5-15(19)11-17(22(27)28)13-23-20(25)16-6-4-7-18(12-16)24-21(26)14-9-10-14/h2-8,12,14,17H,9-11,13H2,1H3,(H,23,25)(H,24,26)(H,27,28). The number of carbonyl (C=O) groups is 3. The van der Waals surface area contributed by atoms with Gasteiger partial charge >= 0.3 is 5.97 Å². The molecule has 1 unspecified atom stereocenters. The van der Waals surface area contributed by atoms with Gasteiger partial charge in [-0.15, -0.1) is 0 Å². The van der Waals surface area contributed by atoms with E-state index in [0.29, 0.717) is 17.0 Å². The first kappa shape index (κ1) is 20.4. The van der Waals surface area contributed by atoms with Gasteiger partial charge in [0.05, 0.1) is 13.0 Å². The number of methoxy groups -OCH3 is 1. The normalized spacial score (nSPS) is 14.0. The fourth-order valence-electron chi connectivity index (χ4n) is 3.03. The van der Waals surface area contributed by atoms with Crippen LogP contribution in [-0.4, -0.2) is 36.5 Å². The number of anilines is 1. The number of carboxylic acids is 1. The average Bonchev–Trinajstić information content (AvgIpc) is 3.56. The highest BCUT2D eigenvalue weighted by Crippen LogP contribution is 2.30. The van der Waals surface area contributed by atoms with Gasteiger partial charge in [0.25, 0.3) is 5.91 Å². The van der Waals surface area contributed by atoms with E-state index in [9.17, 15) is 19.5 Å². The summed E-state index contributed by atoms with van der Waals surface area (Å²) in [6.07, 6.45) is 2.03. The molecule has 1 aliphatic rings. The third-order valence-corrected chi connectivity index (χ3v) is 4.86.